The van der Waals surface area contributed by atoms with E-state index in [1.54, 1.807) is 40.3 Å². The molecule has 15 heteroatoms. The van der Waals surface area contributed by atoms with E-state index in [4.69, 9.17) is 21.1 Å². The molecule has 3 heterocycles. The minimum atomic E-state index is -4.22. The maximum atomic E-state index is 13.7. The number of aromatic amines is 1. The number of fused-ring (bicyclic) bond motifs is 2. The number of nitrogens with one attached hydrogen (secondary N) is 3. The Bertz CT molecular complexity index is 2050. The minimum absolute atomic E-state index is 0.0567. The quantitative estimate of drug-likeness (QED) is 0.158. The maximum Gasteiger partial charge on any atom is 0.416 e. The zero-order chi connectivity index (χ0) is 41.4. The van der Waals surface area contributed by atoms with Crippen LogP contribution in [0.4, 0.5) is 13.2 Å². The van der Waals surface area contributed by atoms with Crippen LogP contribution in [0.5, 0.6) is 11.5 Å². The van der Waals surface area contributed by atoms with E-state index in [1.807, 2.05) is 32.9 Å². The highest BCUT2D eigenvalue weighted by molar-refractivity contribution is 6.31. The second-order valence-corrected chi connectivity index (χ2v) is 15.0. The molecule has 2 saturated heterocycles. The molecule has 4 amide bonds. The van der Waals surface area contributed by atoms with Crippen molar-refractivity contribution >= 4 is 46.1 Å². The van der Waals surface area contributed by atoms with Crippen molar-refractivity contribution in [2.45, 2.75) is 52.3 Å². The lowest BCUT2D eigenvalue weighted by Gasteiger charge is -2.39. The van der Waals surface area contributed by atoms with Crippen LogP contribution in [0, 0.1) is 17.8 Å². The highest BCUT2D eigenvalue weighted by atomic mass is 35.5. The number of amides is 4. The van der Waals surface area contributed by atoms with Gasteiger partial charge in [-0.25, -0.2) is 0 Å². The molecule has 0 radical (unpaired) electrons. The SMILES string of the molecule is CCCc1ccc(C(F)(F)F)cc1.CNC(=O)CNC(=O)C1CN(C(=O)Cc2c[nH]c3cc(Cl)ccc23)CC2CN(C(=O)c3ccc(OC(C)C)c(OC)c3)CC21. The van der Waals surface area contributed by atoms with Crippen LogP contribution in [-0.2, 0) is 33.4 Å². The van der Waals surface area contributed by atoms with Crippen LogP contribution in [0.15, 0.2) is 66.9 Å². The highest BCUT2D eigenvalue weighted by Crippen LogP contribution is 2.38. The molecule has 3 N–H and O–H groups in total. The Morgan fingerprint density at radius 3 is 2.32 bits per heavy atom. The summed E-state index contributed by atoms with van der Waals surface area (Å²) in [5.74, 6) is -0.786. The first kappa shape index (κ1) is 42.9. The molecule has 2 aliphatic rings. The van der Waals surface area contributed by atoms with E-state index >= 15 is 0 Å². The van der Waals surface area contributed by atoms with Crippen LogP contribution in [0.1, 0.15) is 54.2 Å². The Hall–Kier alpha value is -5.24. The normalized spacial score (nSPS) is 17.8. The van der Waals surface area contributed by atoms with Gasteiger partial charge in [-0.05, 0) is 85.7 Å². The molecule has 306 valence electrons. The number of piperidine rings is 1. The standard InChI is InChI=1S/C32H38ClN5O6.C10H11F3/c1-18(2)44-27-8-5-19(9-28(27)43-4)32(42)38-15-21-14-37(17-25(24(21)16-38)31(41)36-13-29(39)34-3)30(40)10-20-12-35-26-11-22(33)6-7-23(20)26;1-2-3-8-4-6-9(7-5-8)10(11,12)13/h5-9,11-12,18,21,24-25,35H,10,13-17H2,1-4H3,(H,34,39)(H,36,41);4-7H,2-3H2,1H3. The van der Waals surface area contributed by atoms with Crippen molar-refractivity contribution in [1.29, 1.82) is 0 Å². The molecule has 2 aliphatic heterocycles. The van der Waals surface area contributed by atoms with E-state index in [9.17, 15) is 32.3 Å². The number of likely N-dealkylation sites (tertiary alicyclic amines) is 2. The number of hydrogen-bond donors (Lipinski definition) is 3. The lowest BCUT2D eigenvalue weighted by atomic mass is 9.79. The molecular weight excluding hydrogens is 763 g/mol. The predicted molar refractivity (Wildman–Crippen MR) is 211 cm³/mol. The Labute approximate surface area is 335 Å². The summed E-state index contributed by atoms with van der Waals surface area (Å²) in [6.07, 6.45) is -0.535. The predicted octanol–water partition coefficient (Wildman–Crippen LogP) is 6.53. The first-order chi connectivity index (χ1) is 27.1. The summed E-state index contributed by atoms with van der Waals surface area (Å²) in [4.78, 5) is 59.2. The summed E-state index contributed by atoms with van der Waals surface area (Å²) in [7, 11) is 3.03. The average molecular weight is 812 g/mol. The molecule has 3 atom stereocenters. The van der Waals surface area contributed by atoms with E-state index in [2.05, 4.69) is 15.6 Å². The van der Waals surface area contributed by atoms with Crippen LogP contribution < -0.4 is 20.1 Å². The first-order valence-electron chi connectivity index (χ1n) is 18.9. The highest BCUT2D eigenvalue weighted by Gasteiger charge is 2.48. The Balaban J connectivity index is 0.000000405. The number of H-pyrrole nitrogens is 1. The number of methoxy groups -OCH3 is 1. The molecule has 0 spiro atoms. The number of hydrogen-bond acceptors (Lipinski definition) is 6. The van der Waals surface area contributed by atoms with Crippen molar-refractivity contribution in [2.24, 2.45) is 17.8 Å². The van der Waals surface area contributed by atoms with Crippen LogP contribution in [-0.4, -0.2) is 91.4 Å². The van der Waals surface area contributed by atoms with Gasteiger partial charge in [-0.3, -0.25) is 19.2 Å². The average Bonchev–Trinajstić information content (AvgIpc) is 3.80. The lowest BCUT2D eigenvalue weighted by Crippen LogP contribution is -2.54. The van der Waals surface area contributed by atoms with Gasteiger partial charge in [0.25, 0.3) is 5.91 Å². The molecule has 0 aliphatic carbocycles. The number of rotatable bonds is 11. The maximum absolute atomic E-state index is 13.7. The lowest BCUT2D eigenvalue weighted by molar-refractivity contribution is -0.139. The van der Waals surface area contributed by atoms with Gasteiger partial charge in [0.2, 0.25) is 17.7 Å². The fourth-order valence-corrected chi connectivity index (χ4v) is 7.54. The number of halogens is 4. The third-order valence-electron chi connectivity index (χ3n) is 10.2. The number of ether oxygens (including phenoxy) is 2. The summed E-state index contributed by atoms with van der Waals surface area (Å²) < 4.78 is 47.6. The van der Waals surface area contributed by atoms with Gasteiger partial charge in [0.05, 0.1) is 37.7 Å². The van der Waals surface area contributed by atoms with Crippen molar-refractivity contribution in [3.8, 4) is 11.5 Å². The molecule has 2 fully saturated rings. The monoisotopic (exact) mass is 811 g/mol. The van der Waals surface area contributed by atoms with Gasteiger partial charge in [-0.1, -0.05) is 43.1 Å². The van der Waals surface area contributed by atoms with E-state index < -0.39 is 17.7 Å². The molecular formula is C42H49ClF3N5O6. The Morgan fingerprint density at radius 2 is 1.67 bits per heavy atom. The van der Waals surface area contributed by atoms with Gasteiger partial charge in [0.1, 0.15) is 0 Å². The third kappa shape index (κ3) is 10.8. The topological polar surface area (TPSA) is 133 Å². The van der Waals surface area contributed by atoms with Crippen LogP contribution in [0.3, 0.4) is 0 Å². The van der Waals surface area contributed by atoms with Gasteiger partial charge >= 0.3 is 6.18 Å². The van der Waals surface area contributed by atoms with Crippen molar-refractivity contribution in [2.75, 3.05) is 46.9 Å². The number of alkyl halides is 3. The summed E-state index contributed by atoms with van der Waals surface area (Å²) in [5, 5.41) is 6.74. The number of aryl methyl sites for hydroxylation is 1. The number of aromatic nitrogens is 1. The largest absolute Gasteiger partial charge is 0.493 e. The summed E-state index contributed by atoms with van der Waals surface area (Å²) >= 11 is 6.12. The van der Waals surface area contributed by atoms with Crippen molar-refractivity contribution < 1.29 is 41.8 Å². The van der Waals surface area contributed by atoms with E-state index in [1.165, 1.54) is 26.3 Å². The van der Waals surface area contributed by atoms with Gasteiger partial charge in [0, 0.05) is 60.9 Å². The van der Waals surface area contributed by atoms with E-state index in [-0.39, 0.29) is 61.1 Å². The second-order valence-electron chi connectivity index (χ2n) is 14.6. The van der Waals surface area contributed by atoms with E-state index in [0.717, 1.165) is 47.0 Å². The van der Waals surface area contributed by atoms with Gasteiger partial charge in [-0.2, -0.15) is 13.2 Å². The molecule has 11 nitrogen and oxygen atoms in total. The van der Waals surface area contributed by atoms with Crippen LogP contribution in [0.2, 0.25) is 5.02 Å². The molecule has 6 rings (SSSR count). The molecule has 3 aromatic carbocycles. The summed E-state index contributed by atoms with van der Waals surface area (Å²) in [6, 6.07) is 15.9. The number of likely N-dealkylation sites (N-methyl/N-ethyl adjacent to an activating group) is 1. The third-order valence-corrected chi connectivity index (χ3v) is 10.5. The second kappa shape index (κ2) is 18.8. The molecule has 0 saturated carbocycles. The Kier molecular flexibility index (Phi) is 14.1. The number of carbonyl (C=O) groups is 4. The van der Waals surface area contributed by atoms with Gasteiger partial charge in [-0.15, -0.1) is 0 Å². The number of carbonyl (C=O) groups excluding carboxylic acids is 4. The summed E-state index contributed by atoms with van der Waals surface area (Å²) in [5.41, 5.74) is 2.51. The fraction of sp³-hybridized carbons (Fsp3) is 0.429. The fourth-order valence-electron chi connectivity index (χ4n) is 7.37. The van der Waals surface area contributed by atoms with Crippen molar-refractivity contribution in [3.05, 3.63) is 94.1 Å². The zero-order valence-electron chi connectivity index (χ0n) is 32.7. The zero-order valence-corrected chi connectivity index (χ0v) is 33.4. The molecule has 57 heavy (non-hydrogen) atoms. The van der Waals surface area contributed by atoms with Crippen molar-refractivity contribution in [1.82, 2.24) is 25.4 Å². The molecule has 1 aromatic heterocycles. The van der Waals surface area contributed by atoms with Crippen LogP contribution in [0.25, 0.3) is 10.9 Å². The number of benzene rings is 3. The van der Waals surface area contributed by atoms with Gasteiger partial charge in [0.15, 0.2) is 11.5 Å². The molecule has 3 unspecified atom stereocenters. The van der Waals surface area contributed by atoms with E-state index in [0.29, 0.717) is 41.7 Å². The Morgan fingerprint density at radius 1 is 0.947 bits per heavy atom. The first-order valence-corrected chi connectivity index (χ1v) is 19.3. The molecule has 4 aromatic rings. The van der Waals surface area contributed by atoms with Crippen molar-refractivity contribution in [3.63, 3.8) is 0 Å². The van der Waals surface area contributed by atoms with Crippen LogP contribution >= 0.6 is 11.6 Å². The van der Waals surface area contributed by atoms with Gasteiger partial charge < -0.3 is 34.9 Å². The smallest absolute Gasteiger partial charge is 0.416 e. The summed E-state index contributed by atoms with van der Waals surface area (Å²) in [6.45, 7) is 7.03. The molecule has 0 bridgehead atoms. The minimum Gasteiger partial charge on any atom is -0.493 e. The number of nitrogens with zero attached hydrogens (tertiary/aromatic N) is 2.